The number of halogens is 1. The number of aliphatic hydroxyl groups excluding tert-OH is 1. The van der Waals surface area contributed by atoms with Gasteiger partial charge in [0.2, 0.25) is 0 Å². The van der Waals surface area contributed by atoms with Crippen molar-refractivity contribution in [3.63, 3.8) is 0 Å². The monoisotopic (exact) mass is 530 g/mol. The number of amides is 2. The third kappa shape index (κ3) is 4.38. The summed E-state index contributed by atoms with van der Waals surface area (Å²) in [6.07, 6.45) is -0.556. The number of aromatic nitrogens is 2. The smallest absolute Gasteiger partial charge is 0.330 e. The van der Waals surface area contributed by atoms with Crippen molar-refractivity contribution in [2.45, 2.75) is 50.3 Å². The van der Waals surface area contributed by atoms with Crippen molar-refractivity contribution in [1.29, 1.82) is 0 Å². The predicted molar refractivity (Wildman–Crippen MR) is 135 cm³/mol. The summed E-state index contributed by atoms with van der Waals surface area (Å²) in [5.74, 6) is -0.641. The molecule has 0 spiro atoms. The van der Waals surface area contributed by atoms with E-state index >= 15 is 0 Å². The Morgan fingerprint density at radius 2 is 1.81 bits per heavy atom. The lowest BCUT2D eigenvalue weighted by atomic mass is 10.0. The number of carbonyl (C=O) groups is 2. The van der Waals surface area contributed by atoms with E-state index in [9.17, 15) is 23.1 Å². The van der Waals surface area contributed by atoms with Gasteiger partial charge in [-0.05, 0) is 61.7 Å². The minimum atomic E-state index is -3.90. The van der Waals surface area contributed by atoms with Crippen molar-refractivity contribution in [2.75, 3.05) is 18.8 Å². The van der Waals surface area contributed by atoms with Crippen molar-refractivity contribution in [2.24, 2.45) is 0 Å². The number of hydrogen-bond acceptors (Lipinski definition) is 6. The highest BCUT2D eigenvalue weighted by Gasteiger charge is 2.38. The van der Waals surface area contributed by atoms with Crippen molar-refractivity contribution in [1.82, 2.24) is 19.4 Å². The van der Waals surface area contributed by atoms with Crippen LogP contribution in [0.2, 0.25) is 5.02 Å². The van der Waals surface area contributed by atoms with Crippen molar-refractivity contribution < 1.29 is 23.1 Å². The number of likely N-dealkylation sites (tertiary alicyclic amines) is 1. The van der Waals surface area contributed by atoms with E-state index in [1.165, 1.54) is 17.0 Å². The standard InChI is InChI=1S/C25H27ClN4O5S/c1-15-22-13-29(25(33)30(22)16(2)27-15)20-7-9-28(10-8-20)24(32)23(31)14-36(34,35)21-6-4-17-11-19(26)5-3-18(17)12-21/h3-6,11-12,20,23,31H,7-10,13-14H2,1-2H3/t23-/m1/s1. The first-order valence-electron chi connectivity index (χ1n) is 11.8. The highest BCUT2D eigenvalue weighted by Crippen LogP contribution is 2.28. The van der Waals surface area contributed by atoms with Gasteiger partial charge in [0.1, 0.15) is 11.9 Å². The Kier molecular flexibility index (Phi) is 6.30. The van der Waals surface area contributed by atoms with Gasteiger partial charge in [0.15, 0.2) is 9.84 Å². The van der Waals surface area contributed by atoms with E-state index in [0.29, 0.717) is 48.7 Å². The molecule has 1 saturated heterocycles. The normalized spacial score (nSPS) is 17.6. The molecule has 36 heavy (non-hydrogen) atoms. The topological polar surface area (TPSA) is 113 Å². The van der Waals surface area contributed by atoms with Crippen LogP contribution < -0.4 is 0 Å². The van der Waals surface area contributed by atoms with Crippen LogP contribution in [-0.4, -0.2) is 75.8 Å². The molecule has 11 heteroatoms. The van der Waals surface area contributed by atoms with Crippen LogP contribution in [0, 0.1) is 13.8 Å². The second-order valence-electron chi connectivity index (χ2n) is 9.44. The number of hydrogen-bond donors (Lipinski definition) is 1. The number of aliphatic hydroxyl groups is 1. The summed E-state index contributed by atoms with van der Waals surface area (Å²) in [5.41, 5.74) is 1.74. The van der Waals surface area contributed by atoms with Gasteiger partial charge in [-0.2, -0.15) is 0 Å². The Labute approximate surface area is 214 Å². The van der Waals surface area contributed by atoms with Gasteiger partial charge >= 0.3 is 6.03 Å². The van der Waals surface area contributed by atoms with Crippen LogP contribution in [-0.2, 0) is 21.2 Å². The lowest BCUT2D eigenvalue weighted by Crippen LogP contribution is -2.50. The van der Waals surface area contributed by atoms with Gasteiger partial charge in [0, 0.05) is 24.2 Å². The molecule has 2 aliphatic heterocycles. The first-order valence-corrected chi connectivity index (χ1v) is 13.8. The molecule has 2 amide bonds. The summed E-state index contributed by atoms with van der Waals surface area (Å²) in [6, 6.07) is 9.64. The van der Waals surface area contributed by atoms with E-state index in [4.69, 9.17) is 11.6 Å². The zero-order chi connectivity index (χ0) is 25.8. The van der Waals surface area contributed by atoms with E-state index in [2.05, 4.69) is 4.98 Å². The zero-order valence-electron chi connectivity index (χ0n) is 20.0. The molecule has 2 aromatic carbocycles. The molecule has 2 aliphatic rings. The fourth-order valence-corrected chi connectivity index (χ4v) is 6.68. The molecule has 1 N–H and O–H groups in total. The quantitative estimate of drug-likeness (QED) is 0.542. The zero-order valence-corrected chi connectivity index (χ0v) is 21.6. The van der Waals surface area contributed by atoms with Crippen molar-refractivity contribution >= 4 is 44.1 Å². The molecule has 0 saturated carbocycles. The Morgan fingerprint density at radius 3 is 2.50 bits per heavy atom. The van der Waals surface area contributed by atoms with Gasteiger partial charge in [0.05, 0.1) is 28.6 Å². The summed E-state index contributed by atoms with van der Waals surface area (Å²) in [6.45, 7) is 4.86. The first kappa shape index (κ1) is 24.7. The highest BCUT2D eigenvalue weighted by molar-refractivity contribution is 7.91. The van der Waals surface area contributed by atoms with Gasteiger partial charge in [-0.1, -0.05) is 23.7 Å². The molecule has 9 nitrogen and oxygen atoms in total. The number of piperidine rings is 1. The van der Waals surface area contributed by atoms with Gasteiger partial charge in [-0.15, -0.1) is 0 Å². The molecular weight excluding hydrogens is 504 g/mol. The number of sulfone groups is 1. The molecule has 3 heterocycles. The number of nitrogens with zero attached hydrogens (tertiary/aromatic N) is 4. The van der Waals surface area contributed by atoms with Crippen LogP contribution in [0.15, 0.2) is 41.3 Å². The summed E-state index contributed by atoms with van der Waals surface area (Å²) >= 11 is 5.99. The minimum absolute atomic E-state index is 0.0350. The largest absolute Gasteiger partial charge is 0.382 e. The average Bonchev–Trinajstić information content (AvgIpc) is 3.34. The molecule has 190 valence electrons. The molecule has 0 aliphatic carbocycles. The lowest BCUT2D eigenvalue weighted by Gasteiger charge is -2.37. The molecule has 0 radical (unpaired) electrons. The van der Waals surface area contributed by atoms with Crippen LogP contribution in [0.25, 0.3) is 10.8 Å². The third-order valence-electron chi connectivity index (χ3n) is 7.11. The lowest BCUT2D eigenvalue weighted by molar-refractivity contribution is -0.140. The van der Waals surface area contributed by atoms with Crippen LogP contribution in [0.4, 0.5) is 4.79 Å². The van der Waals surface area contributed by atoms with E-state index in [0.717, 1.165) is 16.8 Å². The van der Waals surface area contributed by atoms with Gasteiger partial charge < -0.3 is 14.9 Å². The van der Waals surface area contributed by atoms with Crippen LogP contribution in [0.5, 0.6) is 0 Å². The molecule has 3 aromatic rings. The minimum Gasteiger partial charge on any atom is -0.382 e. The van der Waals surface area contributed by atoms with Gasteiger partial charge in [-0.3, -0.25) is 9.36 Å². The maximum Gasteiger partial charge on any atom is 0.330 e. The summed E-state index contributed by atoms with van der Waals surface area (Å²) in [5, 5.41) is 12.6. The first-order chi connectivity index (χ1) is 17.0. The van der Waals surface area contributed by atoms with E-state index in [1.807, 2.05) is 18.7 Å². The maximum atomic E-state index is 12.9. The molecule has 0 unspecified atom stereocenters. The van der Waals surface area contributed by atoms with Crippen molar-refractivity contribution in [3.05, 3.63) is 58.6 Å². The summed E-state index contributed by atoms with van der Waals surface area (Å²) < 4.78 is 27.5. The molecule has 5 rings (SSSR count). The van der Waals surface area contributed by atoms with Crippen LogP contribution in [0.1, 0.15) is 30.1 Å². The SMILES string of the molecule is Cc1nc(C)n2c1CN(C1CCN(C(=O)[C@H](O)CS(=O)(=O)c3ccc4cc(Cl)ccc4c3)CC1)C2=O. The highest BCUT2D eigenvalue weighted by atomic mass is 35.5. The predicted octanol–water partition coefficient (Wildman–Crippen LogP) is 2.92. The molecule has 1 fully saturated rings. The number of benzene rings is 2. The van der Waals surface area contributed by atoms with Crippen LogP contribution >= 0.6 is 11.6 Å². The maximum absolute atomic E-state index is 12.9. The van der Waals surface area contributed by atoms with Gasteiger partial charge in [-0.25, -0.2) is 18.2 Å². The number of imidazole rings is 1. The number of aryl methyl sites for hydroxylation is 2. The Morgan fingerprint density at radius 1 is 1.14 bits per heavy atom. The Bertz CT molecular complexity index is 1480. The molecular formula is C25H27ClN4O5S. The third-order valence-corrected chi connectivity index (χ3v) is 9.07. The number of carbonyl (C=O) groups excluding carboxylic acids is 2. The fourth-order valence-electron chi connectivity index (χ4n) is 5.17. The number of fused-ring (bicyclic) bond motifs is 2. The Balaban J connectivity index is 1.21. The Hall–Kier alpha value is -2.95. The summed E-state index contributed by atoms with van der Waals surface area (Å²) in [4.78, 5) is 33.5. The molecule has 1 atom stereocenters. The van der Waals surface area contributed by atoms with E-state index < -0.39 is 27.6 Å². The van der Waals surface area contributed by atoms with Crippen LogP contribution in [0.3, 0.4) is 0 Å². The second kappa shape index (κ2) is 9.17. The van der Waals surface area contributed by atoms with Crippen molar-refractivity contribution in [3.8, 4) is 0 Å². The van der Waals surface area contributed by atoms with E-state index in [1.54, 1.807) is 28.8 Å². The van der Waals surface area contributed by atoms with E-state index in [-0.39, 0.29) is 17.0 Å². The second-order valence-corrected chi connectivity index (χ2v) is 11.9. The van der Waals surface area contributed by atoms with Gasteiger partial charge in [0.25, 0.3) is 5.91 Å². The average molecular weight is 531 g/mol. The molecule has 1 aromatic heterocycles. The summed E-state index contributed by atoms with van der Waals surface area (Å²) in [7, 11) is -3.90. The molecule has 0 bridgehead atoms. The fraction of sp³-hybridized carbons (Fsp3) is 0.400. The number of rotatable bonds is 5.